The lowest BCUT2D eigenvalue weighted by molar-refractivity contribution is -0.149. The van der Waals surface area contributed by atoms with E-state index in [2.05, 4.69) is 10.6 Å². The minimum Gasteiger partial charge on any atom is -0.353 e. The third-order valence-corrected chi connectivity index (χ3v) is 9.26. The van der Waals surface area contributed by atoms with Crippen molar-refractivity contribution in [2.45, 2.75) is 63.3 Å². The van der Waals surface area contributed by atoms with Gasteiger partial charge in [-0.25, -0.2) is 8.42 Å². The van der Waals surface area contributed by atoms with Crippen LogP contribution in [0.15, 0.2) is 35.2 Å². The first-order chi connectivity index (χ1) is 14.7. The highest BCUT2D eigenvalue weighted by Gasteiger charge is 2.55. The molecule has 0 spiro atoms. The average Bonchev–Trinajstić information content (AvgIpc) is 2.71. The van der Waals surface area contributed by atoms with E-state index < -0.39 is 15.9 Å². The summed E-state index contributed by atoms with van der Waals surface area (Å²) >= 11 is 0. The zero-order valence-electron chi connectivity index (χ0n) is 18.5. The Hall–Kier alpha value is -1.89. The molecular formula is C24H34N2O4S. The Morgan fingerprint density at radius 1 is 1.00 bits per heavy atom. The van der Waals surface area contributed by atoms with Crippen molar-refractivity contribution in [2.75, 3.05) is 12.3 Å². The first kappa shape index (κ1) is 22.3. The Balaban J connectivity index is 1.35. The molecule has 1 aromatic carbocycles. The molecule has 0 heterocycles. The Labute approximate surface area is 185 Å². The number of carbonyl (C=O) groups excluding carboxylic acids is 2. The normalized spacial score (nSPS) is 30.2. The second-order valence-electron chi connectivity index (χ2n) is 10.3. The van der Waals surface area contributed by atoms with E-state index in [1.54, 1.807) is 30.3 Å². The second kappa shape index (κ2) is 8.57. The number of carbonyl (C=O) groups is 2. The number of amides is 2. The van der Waals surface area contributed by atoms with Crippen LogP contribution in [-0.4, -0.2) is 38.6 Å². The largest absolute Gasteiger partial charge is 0.353 e. The molecule has 5 rings (SSSR count). The van der Waals surface area contributed by atoms with Gasteiger partial charge in [-0.15, -0.1) is 0 Å². The minimum atomic E-state index is -3.46. The number of benzene rings is 1. The van der Waals surface area contributed by atoms with Gasteiger partial charge in [-0.05, 0) is 74.3 Å². The minimum absolute atomic E-state index is 0.0204. The van der Waals surface area contributed by atoms with E-state index in [0.717, 1.165) is 19.3 Å². The zero-order valence-corrected chi connectivity index (χ0v) is 19.3. The molecule has 7 heteroatoms. The van der Waals surface area contributed by atoms with Crippen molar-refractivity contribution in [1.29, 1.82) is 0 Å². The Kier molecular flexibility index (Phi) is 6.16. The van der Waals surface area contributed by atoms with E-state index >= 15 is 0 Å². The van der Waals surface area contributed by atoms with Crippen LogP contribution in [0, 0.1) is 29.1 Å². The van der Waals surface area contributed by atoms with Crippen LogP contribution in [0.3, 0.4) is 0 Å². The first-order valence-electron chi connectivity index (χ1n) is 11.5. The summed E-state index contributed by atoms with van der Waals surface area (Å²) in [6.45, 7) is 3.84. The standard InChI is InChI=1S/C24H34N2O4S/c1-16(2)21(22(27)25-8-9-31(29,30)20-6-4-3-5-7-20)26-23(28)24-13-17-10-18(14-24)12-19(11-17)15-24/h3-7,16-19,21H,8-15H2,1-2H3,(H,25,27)(H,26,28)/t17?,18?,19?,21-,24?/m0/s1. The highest BCUT2D eigenvalue weighted by Crippen LogP contribution is 2.60. The van der Waals surface area contributed by atoms with Gasteiger partial charge in [0.25, 0.3) is 0 Å². The quantitative estimate of drug-likeness (QED) is 0.642. The van der Waals surface area contributed by atoms with Crippen LogP contribution in [0.4, 0.5) is 0 Å². The van der Waals surface area contributed by atoms with E-state index in [1.807, 2.05) is 13.8 Å². The van der Waals surface area contributed by atoms with Crippen molar-refractivity contribution in [3.8, 4) is 0 Å². The summed E-state index contributed by atoms with van der Waals surface area (Å²) in [6.07, 6.45) is 6.63. The van der Waals surface area contributed by atoms with E-state index in [1.165, 1.54) is 19.3 Å². The molecule has 1 atom stereocenters. The van der Waals surface area contributed by atoms with Gasteiger partial charge < -0.3 is 10.6 Å². The van der Waals surface area contributed by atoms with Gasteiger partial charge in [0.2, 0.25) is 11.8 Å². The molecule has 0 aliphatic heterocycles. The van der Waals surface area contributed by atoms with Crippen molar-refractivity contribution in [1.82, 2.24) is 10.6 Å². The maximum Gasteiger partial charge on any atom is 0.242 e. The molecule has 0 unspecified atom stereocenters. The van der Waals surface area contributed by atoms with Crippen LogP contribution in [0.25, 0.3) is 0 Å². The molecule has 4 aliphatic carbocycles. The molecule has 31 heavy (non-hydrogen) atoms. The molecule has 4 bridgehead atoms. The van der Waals surface area contributed by atoms with Gasteiger partial charge in [0.15, 0.2) is 9.84 Å². The van der Waals surface area contributed by atoms with Crippen LogP contribution in [-0.2, 0) is 19.4 Å². The van der Waals surface area contributed by atoms with Gasteiger partial charge >= 0.3 is 0 Å². The predicted octanol–water partition coefficient (Wildman–Crippen LogP) is 2.93. The fourth-order valence-corrected chi connectivity index (χ4v) is 7.56. The molecule has 2 N–H and O–H groups in total. The molecule has 0 radical (unpaired) electrons. The summed E-state index contributed by atoms with van der Waals surface area (Å²) in [5.74, 6) is 1.44. The van der Waals surface area contributed by atoms with Gasteiger partial charge in [-0.1, -0.05) is 32.0 Å². The van der Waals surface area contributed by atoms with E-state index in [4.69, 9.17) is 0 Å². The van der Waals surface area contributed by atoms with E-state index in [0.29, 0.717) is 17.8 Å². The summed E-state index contributed by atoms with van der Waals surface area (Å²) in [5.41, 5.74) is -0.307. The van der Waals surface area contributed by atoms with Crippen molar-refractivity contribution in [3.05, 3.63) is 30.3 Å². The summed E-state index contributed by atoms with van der Waals surface area (Å²) in [5, 5.41) is 5.79. The lowest BCUT2D eigenvalue weighted by atomic mass is 9.49. The molecule has 6 nitrogen and oxygen atoms in total. The van der Waals surface area contributed by atoms with Crippen molar-refractivity contribution >= 4 is 21.7 Å². The molecule has 4 fully saturated rings. The Bertz CT molecular complexity index is 891. The predicted molar refractivity (Wildman–Crippen MR) is 119 cm³/mol. The third-order valence-electron chi connectivity index (χ3n) is 7.53. The van der Waals surface area contributed by atoms with Crippen molar-refractivity contribution < 1.29 is 18.0 Å². The summed E-state index contributed by atoms with van der Waals surface area (Å²) in [6, 6.07) is 7.58. The topological polar surface area (TPSA) is 92.3 Å². The number of sulfone groups is 1. The highest BCUT2D eigenvalue weighted by molar-refractivity contribution is 7.91. The fourth-order valence-electron chi connectivity index (χ4n) is 6.38. The van der Waals surface area contributed by atoms with Crippen LogP contribution in [0.1, 0.15) is 52.4 Å². The SMILES string of the molecule is CC(C)[C@H](NC(=O)C12CC3CC(CC(C3)C1)C2)C(=O)NCCS(=O)(=O)c1ccccc1. The van der Waals surface area contributed by atoms with Gasteiger partial charge in [-0.3, -0.25) is 9.59 Å². The molecule has 0 saturated heterocycles. The molecular weight excluding hydrogens is 412 g/mol. The molecule has 4 saturated carbocycles. The lowest BCUT2D eigenvalue weighted by Gasteiger charge is -2.55. The van der Waals surface area contributed by atoms with Gasteiger partial charge in [0.05, 0.1) is 10.6 Å². The molecule has 170 valence electrons. The molecule has 2 amide bonds. The summed E-state index contributed by atoms with van der Waals surface area (Å²) in [4.78, 5) is 26.4. The number of hydrogen-bond donors (Lipinski definition) is 2. The van der Waals surface area contributed by atoms with Crippen LogP contribution >= 0.6 is 0 Å². The Morgan fingerprint density at radius 3 is 2.06 bits per heavy atom. The average molecular weight is 447 g/mol. The number of rotatable bonds is 8. The smallest absolute Gasteiger partial charge is 0.242 e. The fraction of sp³-hybridized carbons (Fsp3) is 0.667. The number of hydrogen-bond acceptors (Lipinski definition) is 4. The van der Waals surface area contributed by atoms with Crippen molar-refractivity contribution in [2.24, 2.45) is 29.1 Å². The first-order valence-corrected chi connectivity index (χ1v) is 13.2. The van der Waals surface area contributed by atoms with Gasteiger partial charge in [-0.2, -0.15) is 0 Å². The zero-order chi connectivity index (χ0) is 22.2. The maximum absolute atomic E-state index is 13.3. The summed E-state index contributed by atoms with van der Waals surface area (Å²) in [7, 11) is -3.46. The van der Waals surface area contributed by atoms with Gasteiger partial charge in [0.1, 0.15) is 6.04 Å². The van der Waals surface area contributed by atoms with Gasteiger partial charge in [0, 0.05) is 12.0 Å². The Morgan fingerprint density at radius 2 is 1.55 bits per heavy atom. The number of nitrogens with one attached hydrogen (secondary N) is 2. The van der Waals surface area contributed by atoms with Crippen molar-refractivity contribution in [3.63, 3.8) is 0 Å². The van der Waals surface area contributed by atoms with E-state index in [9.17, 15) is 18.0 Å². The summed E-state index contributed by atoms with van der Waals surface area (Å²) < 4.78 is 24.9. The second-order valence-corrected chi connectivity index (χ2v) is 12.4. The van der Waals surface area contributed by atoms with E-state index in [-0.39, 0.29) is 40.3 Å². The maximum atomic E-state index is 13.3. The molecule has 1 aromatic rings. The molecule has 4 aliphatic rings. The highest BCUT2D eigenvalue weighted by atomic mass is 32.2. The van der Waals surface area contributed by atoms with Crippen LogP contribution in [0.5, 0.6) is 0 Å². The lowest BCUT2D eigenvalue weighted by Crippen LogP contribution is -2.58. The third kappa shape index (κ3) is 4.66. The van der Waals surface area contributed by atoms with Crippen LogP contribution < -0.4 is 10.6 Å². The van der Waals surface area contributed by atoms with Crippen LogP contribution in [0.2, 0.25) is 0 Å². The monoisotopic (exact) mass is 446 g/mol. The molecule has 0 aromatic heterocycles.